The van der Waals surface area contributed by atoms with Gasteiger partial charge in [-0.25, -0.2) is 9.97 Å². The van der Waals surface area contributed by atoms with Crippen LogP contribution in [0.2, 0.25) is 0 Å². The van der Waals surface area contributed by atoms with Gasteiger partial charge in [-0.05, 0) is 106 Å². The van der Waals surface area contributed by atoms with E-state index < -0.39 is 0 Å². The van der Waals surface area contributed by atoms with E-state index in [2.05, 4.69) is 232 Å². The third kappa shape index (κ3) is 6.09. The summed E-state index contributed by atoms with van der Waals surface area (Å²) in [7, 11) is 0. The molecule has 0 atom stereocenters. The Morgan fingerprint density at radius 3 is 1.25 bits per heavy atom. The molecule has 0 amide bonds. The molecule has 2 heteroatoms. The van der Waals surface area contributed by atoms with E-state index in [0.29, 0.717) is 5.82 Å². The number of rotatable bonds is 6. The van der Waals surface area contributed by atoms with Crippen LogP contribution in [0.4, 0.5) is 0 Å². The zero-order valence-electron chi connectivity index (χ0n) is 35.2. The van der Waals surface area contributed by atoms with Crippen molar-refractivity contribution in [1.82, 2.24) is 9.97 Å². The third-order valence-corrected chi connectivity index (χ3v) is 13.3. The average Bonchev–Trinajstić information content (AvgIpc) is 3.57. The molecule has 63 heavy (non-hydrogen) atoms. The number of hydrogen-bond acceptors (Lipinski definition) is 2. The molecule has 0 bridgehead atoms. The molecule has 10 aromatic carbocycles. The van der Waals surface area contributed by atoms with Crippen molar-refractivity contribution in [2.75, 3.05) is 0 Å². The molecule has 296 valence electrons. The van der Waals surface area contributed by atoms with Crippen LogP contribution in [0.3, 0.4) is 0 Å². The van der Waals surface area contributed by atoms with E-state index >= 15 is 0 Å². The Morgan fingerprint density at radius 1 is 0.302 bits per heavy atom. The third-order valence-electron chi connectivity index (χ3n) is 13.3. The van der Waals surface area contributed by atoms with Gasteiger partial charge in [-0.2, -0.15) is 0 Å². The summed E-state index contributed by atoms with van der Waals surface area (Å²) in [6.07, 6.45) is 0. The molecule has 12 rings (SSSR count). The Morgan fingerprint density at radius 2 is 0.730 bits per heavy atom. The number of benzene rings is 10. The van der Waals surface area contributed by atoms with E-state index in [1.807, 2.05) is 0 Å². The maximum Gasteiger partial charge on any atom is 0.161 e. The second-order valence-corrected chi connectivity index (χ2v) is 17.3. The largest absolute Gasteiger partial charge is 0.228 e. The molecule has 1 aliphatic carbocycles. The Balaban J connectivity index is 1.09. The van der Waals surface area contributed by atoms with Crippen molar-refractivity contribution in [3.8, 4) is 78.4 Å². The van der Waals surface area contributed by atoms with Crippen LogP contribution in [0, 0.1) is 0 Å². The number of aromatic nitrogens is 2. The topological polar surface area (TPSA) is 25.8 Å². The predicted molar refractivity (Wildman–Crippen MR) is 265 cm³/mol. The number of fused-ring (bicyclic) bond motifs is 6. The molecule has 11 aromatic rings. The summed E-state index contributed by atoms with van der Waals surface area (Å²) in [6.45, 7) is 4.75. The van der Waals surface area contributed by atoms with Gasteiger partial charge in [0.25, 0.3) is 0 Å². The normalized spacial score (nSPS) is 12.7. The smallest absolute Gasteiger partial charge is 0.161 e. The molecule has 1 aromatic heterocycles. The molecule has 2 nitrogen and oxygen atoms in total. The Hall–Kier alpha value is -7.94. The first-order valence-corrected chi connectivity index (χ1v) is 21.8. The predicted octanol–water partition coefficient (Wildman–Crippen LogP) is 16.2. The van der Waals surface area contributed by atoms with Crippen LogP contribution in [0.25, 0.3) is 111 Å². The highest BCUT2D eigenvalue weighted by atomic mass is 14.9. The van der Waals surface area contributed by atoms with Gasteiger partial charge in [0, 0.05) is 22.1 Å². The molecular formula is C61H42N2. The number of nitrogens with zero attached hydrogens (tertiary/aromatic N) is 2. The van der Waals surface area contributed by atoms with Gasteiger partial charge in [-0.15, -0.1) is 0 Å². The lowest BCUT2D eigenvalue weighted by Gasteiger charge is -2.22. The van der Waals surface area contributed by atoms with Gasteiger partial charge >= 0.3 is 0 Å². The molecule has 0 saturated heterocycles. The van der Waals surface area contributed by atoms with Gasteiger partial charge < -0.3 is 0 Å². The van der Waals surface area contributed by atoms with Crippen LogP contribution < -0.4 is 0 Å². The fourth-order valence-electron chi connectivity index (χ4n) is 10.1. The van der Waals surface area contributed by atoms with E-state index in [4.69, 9.17) is 9.97 Å². The van der Waals surface area contributed by atoms with E-state index in [-0.39, 0.29) is 5.41 Å². The van der Waals surface area contributed by atoms with Crippen molar-refractivity contribution in [1.29, 1.82) is 0 Å². The second kappa shape index (κ2) is 14.6. The molecule has 0 fully saturated rings. The lowest BCUT2D eigenvalue weighted by atomic mass is 9.81. The number of hydrogen-bond donors (Lipinski definition) is 0. The SMILES string of the molecule is CC1(C)c2cc3ccccc3cc2-c2c(-c3c4ccccc4c(-c4nc(-c5ccc(-c6ccccc6)cc5)cc(-c5ccc(-c6ccccc6)cc5)n4)c4ccccc34)cccc21. The molecule has 0 saturated carbocycles. The molecule has 0 spiro atoms. The standard InChI is InChI=1S/C61H42N2/c1-61(2)53-27-15-26-51(58(53)52-36-45-20-9-10-21-46(45)37-54(52)61)57-47-22-11-13-24-49(47)59(50-25-14-12-23-48(50)57)60-62-55(43-32-28-41(29-33-43)39-16-5-3-6-17-39)38-56(63-60)44-34-30-42(31-35-44)40-18-7-4-8-19-40/h3-38H,1-2H3. The van der Waals surface area contributed by atoms with Crippen molar-refractivity contribution < 1.29 is 0 Å². The first-order chi connectivity index (χ1) is 31.0. The van der Waals surface area contributed by atoms with Crippen molar-refractivity contribution in [3.63, 3.8) is 0 Å². The van der Waals surface area contributed by atoms with Crippen molar-refractivity contribution in [3.05, 3.63) is 230 Å². The molecular weight excluding hydrogens is 761 g/mol. The van der Waals surface area contributed by atoms with Gasteiger partial charge in [-0.1, -0.05) is 214 Å². The van der Waals surface area contributed by atoms with Gasteiger partial charge in [-0.3, -0.25) is 0 Å². The van der Waals surface area contributed by atoms with Crippen LogP contribution in [0.15, 0.2) is 218 Å². The highest BCUT2D eigenvalue weighted by Gasteiger charge is 2.37. The minimum absolute atomic E-state index is 0.153. The van der Waals surface area contributed by atoms with E-state index in [1.165, 1.54) is 77.2 Å². The maximum absolute atomic E-state index is 5.49. The fraction of sp³-hybridized carbons (Fsp3) is 0.0492. The van der Waals surface area contributed by atoms with Gasteiger partial charge in [0.15, 0.2) is 5.82 Å². The van der Waals surface area contributed by atoms with Crippen molar-refractivity contribution in [2.24, 2.45) is 0 Å². The summed E-state index contributed by atoms with van der Waals surface area (Å²) in [5.41, 5.74) is 17.3. The van der Waals surface area contributed by atoms with Crippen LogP contribution in [0.1, 0.15) is 25.0 Å². The first kappa shape index (κ1) is 36.9. The van der Waals surface area contributed by atoms with Crippen LogP contribution >= 0.6 is 0 Å². The molecule has 0 radical (unpaired) electrons. The fourth-order valence-corrected chi connectivity index (χ4v) is 10.1. The molecule has 1 heterocycles. The van der Waals surface area contributed by atoms with Crippen LogP contribution in [-0.4, -0.2) is 9.97 Å². The quantitative estimate of drug-likeness (QED) is 0.157. The van der Waals surface area contributed by atoms with Gasteiger partial charge in [0.1, 0.15) is 0 Å². The molecule has 0 aliphatic heterocycles. The summed E-state index contributed by atoms with van der Waals surface area (Å²) >= 11 is 0. The summed E-state index contributed by atoms with van der Waals surface area (Å²) in [6, 6.07) is 79.0. The highest BCUT2D eigenvalue weighted by Crippen LogP contribution is 2.55. The van der Waals surface area contributed by atoms with Gasteiger partial charge in [0.2, 0.25) is 0 Å². The van der Waals surface area contributed by atoms with Crippen molar-refractivity contribution in [2.45, 2.75) is 19.3 Å². The molecule has 0 N–H and O–H groups in total. The zero-order valence-corrected chi connectivity index (χ0v) is 35.2. The Labute approximate surface area is 367 Å². The molecule has 0 unspecified atom stereocenters. The second-order valence-electron chi connectivity index (χ2n) is 17.3. The Bertz CT molecular complexity index is 3390. The summed E-state index contributed by atoms with van der Waals surface area (Å²) in [4.78, 5) is 11.0. The summed E-state index contributed by atoms with van der Waals surface area (Å²) in [5.74, 6) is 0.706. The van der Waals surface area contributed by atoms with E-state index in [9.17, 15) is 0 Å². The zero-order chi connectivity index (χ0) is 42.1. The lowest BCUT2D eigenvalue weighted by Crippen LogP contribution is -2.14. The Kier molecular flexibility index (Phi) is 8.55. The summed E-state index contributed by atoms with van der Waals surface area (Å²) < 4.78 is 0. The molecule has 1 aliphatic rings. The minimum atomic E-state index is -0.153. The average molecular weight is 803 g/mol. The van der Waals surface area contributed by atoms with E-state index in [0.717, 1.165) is 38.9 Å². The van der Waals surface area contributed by atoms with Crippen molar-refractivity contribution >= 4 is 32.3 Å². The maximum atomic E-state index is 5.49. The summed E-state index contributed by atoms with van der Waals surface area (Å²) in [5, 5.41) is 7.16. The highest BCUT2D eigenvalue weighted by molar-refractivity contribution is 6.22. The van der Waals surface area contributed by atoms with Crippen LogP contribution in [0.5, 0.6) is 0 Å². The lowest BCUT2D eigenvalue weighted by molar-refractivity contribution is 0.661. The van der Waals surface area contributed by atoms with Crippen LogP contribution in [-0.2, 0) is 5.41 Å². The first-order valence-electron chi connectivity index (χ1n) is 21.8. The van der Waals surface area contributed by atoms with Gasteiger partial charge in [0.05, 0.1) is 11.4 Å². The minimum Gasteiger partial charge on any atom is -0.228 e. The van der Waals surface area contributed by atoms with E-state index in [1.54, 1.807) is 0 Å². The monoisotopic (exact) mass is 802 g/mol.